The molecule has 0 saturated carbocycles. The van der Waals surface area contributed by atoms with Gasteiger partial charge in [-0.05, 0) is 30.4 Å². The summed E-state index contributed by atoms with van der Waals surface area (Å²) < 4.78 is 8.26. The fourth-order valence-corrected chi connectivity index (χ4v) is 3.47. The van der Waals surface area contributed by atoms with Crippen LogP contribution in [0.1, 0.15) is 30.7 Å². The number of carbonyl (C=O) groups excluding carboxylic acids is 1. The maximum absolute atomic E-state index is 12.6. The Morgan fingerprint density at radius 2 is 2.26 bits per heavy atom. The van der Waals surface area contributed by atoms with Gasteiger partial charge in [0.05, 0.1) is 13.2 Å². The summed E-state index contributed by atoms with van der Waals surface area (Å²) in [6.07, 6.45) is 6.41. The molecule has 0 N–H and O–H groups in total. The number of aryl methyl sites for hydroxylation is 1. The van der Waals surface area contributed by atoms with E-state index in [0.717, 1.165) is 30.7 Å². The maximum atomic E-state index is 12.6. The van der Waals surface area contributed by atoms with E-state index in [4.69, 9.17) is 4.74 Å². The van der Waals surface area contributed by atoms with E-state index in [9.17, 15) is 9.59 Å². The van der Waals surface area contributed by atoms with E-state index in [-0.39, 0.29) is 17.5 Å². The van der Waals surface area contributed by atoms with Crippen molar-refractivity contribution in [1.29, 1.82) is 0 Å². The third-order valence-electron chi connectivity index (χ3n) is 5.08. The SMILES string of the molecule is COCCn1nc2n(c1=O)CCC(CC(=O)N(C)Cc1cccnc1)CC2. The number of rotatable bonds is 7. The van der Waals surface area contributed by atoms with Crippen molar-refractivity contribution in [3.8, 4) is 0 Å². The Hall–Kier alpha value is -2.48. The van der Waals surface area contributed by atoms with Gasteiger partial charge < -0.3 is 9.64 Å². The zero-order valence-corrected chi connectivity index (χ0v) is 16.0. The summed E-state index contributed by atoms with van der Waals surface area (Å²) in [4.78, 5) is 30.9. The lowest BCUT2D eigenvalue weighted by Gasteiger charge is -2.20. The summed E-state index contributed by atoms with van der Waals surface area (Å²) in [6.45, 7) is 2.11. The lowest BCUT2D eigenvalue weighted by Crippen LogP contribution is -2.29. The first-order valence-electron chi connectivity index (χ1n) is 9.36. The highest BCUT2D eigenvalue weighted by atomic mass is 16.5. The van der Waals surface area contributed by atoms with Crippen molar-refractivity contribution < 1.29 is 9.53 Å². The molecular formula is C19H27N5O3. The Labute approximate surface area is 158 Å². The van der Waals surface area contributed by atoms with Gasteiger partial charge in [0.25, 0.3) is 0 Å². The number of aromatic nitrogens is 4. The Morgan fingerprint density at radius 1 is 1.41 bits per heavy atom. The van der Waals surface area contributed by atoms with Gasteiger partial charge in [-0.2, -0.15) is 5.10 Å². The molecule has 0 saturated heterocycles. The van der Waals surface area contributed by atoms with Crippen LogP contribution < -0.4 is 5.69 Å². The van der Waals surface area contributed by atoms with E-state index in [2.05, 4.69) is 10.1 Å². The molecule has 2 aromatic heterocycles. The number of amides is 1. The molecule has 1 atom stereocenters. The van der Waals surface area contributed by atoms with E-state index >= 15 is 0 Å². The first-order chi connectivity index (χ1) is 13.1. The van der Waals surface area contributed by atoms with Gasteiger partial charge in [0.15, 0.2) is 0 Å². The number of carbonyl (C=O) groups is 1. The number of methoxy groups -OCH3 is 1. The van der Waals surface area contributed by atoms with Crippen molar-refractivity contribution in [3.05, 3.63) is 46.4 Å². The van der Waals surface area contributed by atoms with Gasteiger partial charge in [-0.3, -0.25) is 14.3 Å². The van der Waals surface area contributed by atoms with Crippen molar-refractivity contribution in [1.82, 2.24) is 24.2 Å². The zero-order chi connectivity index (χ0) is 19.2. The van der Waals surface area contributed by atoms with Crippen molar-refractivity contribution >= 4 is 5.91 Å². The van der Waals surface area contributed by atoms with Crippen LogP contribution in [0.15, 0.2) is 29.3 Å². The fourth-order valence-electron chi connectivity index (χ4n) is 3.47. The number of hydrogen-bond donors (Lipinski definition) is 0. The minimum absolute atomic E-state index is 0.0808. The second-order valence-corrected chi connectivity index (χ2v) is 7.07. The minimum atomic E-state index is -0.0808. The van der Waals surface area contributed by atoms with E-state index in [0.29, 0.717) is 32.7 Å². The largest absolute Gasteiger partial charge is 0.383 e. The summed E-state index contributed by atoms with van der Waals surface area (Å²) in [6, 6.07) is 3.84. The van der Waals surface area contributed by atoms with Crippen LogP contribution in [0.5, 0.6) is 0 Å². The molecule has 2 aromatic rings. The molecule has 0 aromatic carbocycles. The molecule has 0 spiro atoms. The molecule has 1 unspecified atom stereocenters. The lowest BCUT2D eigenvalue weighted by molar-refractivity contribution is -0.131. The number of hydrogen-bond acceptors (Lipinski definition) is 5. The summed E-state index contributed by atoms with van der Waals surface area (Å²) >= 11 is 0. The van der Waals surface area contributed by atoms with E-state index in [1.807, 2.05) is 19.2 Å². The highest BCUT2D eigenvalue weighted by molar-refractivity contribution is 5.76. The summed E-state index contributed by atoms with van der Waals surface area (Å²) in [5.41, 5.74) is 0.939. The van der Waals surface area contributed by atoms with Crippen LogP contribution in [0.4, 0.5) is 0 Å². The second kappa shape index (κ2) is 8.94. The van der Waals surface area contributed by atoms with Crippen LogP contribution in [0.25, 0.3) is 0 Å². The van der Waals surface area contributed by atoms with Crippen LogP contribution in [0, 0.1) is 5.92 Å². The molecule has 8 nitrogen and oxygen atoms in total. The normalized spacial score (nSPS) is 16.6. The zero-order valence-electron chi connectivity index (χ0n) is 16.0. The first kappa shape index (κ1) is 19.3. The molecule has 8 heteroatoms. The topological polar surface area (TPSA) is 82.2 Å². The number of pyridine rings is 1. The van der Waals surface area contributed by atoms with Crippen molar-refractivity contribution in [3.63, 3.8) is 0 Å². The Balaban J connectivity index is 1.55. The van der Waals surface area contributed by atoms with Crippen molar-refractivity contribution in [2.75, 3.05) is 20.8 Å². The third-order valence-corrected chi connectivity index (χ3v) is 5.08. The summed E-state index contributed by atoms with van der Waals surface area (Å²) in [5, 5.41) is 4.44. The highest BCUT2D eigenvalue weighted by Gasteiger charge is 2.23. The quantitative estimate of drug-likeness (QED) is 0.726. The predicted molar refractivity (Wildman–Crippen MR) is 100 cm³/mol. The second-order valence-electron chi connectivity index (χ2n) is 7.07. The molecule has 0 aliphatic carbocycles. The van der Waals surface area contributed by atoms with Crippen molar-refractivity contribution in [2.24, 2.45) is 5.92 Å². The average molecular weight is 373 g/mol. The third kappa shape index (κ3) is 4.82. The molecule has 3 rings (SSSR count). The van der Waals surface area contributed by atoms with Crippen LogP contribution in [0.2, 0.25) is 0 Å². The Morgan fingerprint density at radius 3 is 3.00 bits per heavy atom. The molecule has 0 bridgehead atoms. The molecule has 0 radical (unpaired) electrons. The Bertz CT molecular complexity index is 814. The molecule has 0 fully saturated rings. The van der Waals surface area contributed by atoms with Gasteiger partial charge >= 0.3 is 5.69 Å². The van der Waals surface area contributed by atoms with Gasteiger partial charge in [0.1, 0.15) is 5.82 Å². The standard InChI is InChI=1S/C19H27N5O3/c1-22(14-16-4-3-8-20-13-16)18(25)12-15-5-6-17-21-24(10-11-27-2)19(26)23(17)9-7-15/h3-4,8,13,15H,5-7,9-12,14H2,1-2H3. The van der Waals surface area contributed by atoms with Crippen LogP contribution in [0.3, 0.4) is 0 Å². The van der Waals surface area contributed by atoms with E-state index in [1.54, 1.807) is 29.0 Å². The van der Waals surface area contributed by atoms with E-state index < -0.39 is 0 Å². The lowest BCUT2D eigenvalue weighted by atomic mass is 9.96. The highest BCUT2D eigenvalue weighted by Crippen LogP contribution is 2.22. The monoisotopic (exact) mass is 373 g/mol. The molecule has 146 valence electrons. The number of nitrogens with zero attached hydrogens (tertiary/aromatic N) is 5. The molecule has 1 amide bonds. The smallest absolute Gasteiger partial charge is 0.345 e. The van der Waals surface area contributed by atoms with Gasteiger partial charge in [0, 0.05) is 52.5 Å². The maximum Gasteiger partial charge on any atom is 0.345 e. The molecule has 3 heterocycles. The summed E-state index contributed by atoms with van der Waals surface area (Å²) in [5.74, 6) is 1.21. The van der Waals surface area contributed by atoms with Crippen LogP contribution in [-0.2, 0) is 35.6 Å². The van der Waals surface area contributed by atoms with Gasteiger partial charge in [-0.15, -0.1) is 0 Å². The van der Waals surface area contributed by atoms with Gasteiger partial charge in [-0.25, -0.2) is 9.48 Å². The van der Waals surface area contributed by atoms with E-state index in [1.165, 1.54) is 4.68 Å². The minimum Gasteiger partial charge on any atom is -0.383 e. The molecule has 1 aliphatic heterocycles. The fraction of sp³-hybridized carbons (Fsp3) is 0.579. The molecule has 1 aliphatic rings. The molecule has 27 heavy (non-hydrogen) atoms. The number of ether oxygens (including phenoxy) is 1. The van der Waals surface area contributed by atoms with Crippen molar-refractivity contribution in [2.45, 2.75) is 45.3 Å². The average Bonchev–Trinajstić information content (AvgIpc) is 2.84. The van der Waals surface area contributed by atoms with Gasteiger partial charge in [0.2, 0.25) is 5.91 Å². The van der Waals surface area contributed by atoms with Crippen LogP contribution in [-0.4, -0.2) is 50.9 Å². The van der Waals surface area contributed by atoms with Gasteiger partial charge in [-0.1, -0.05) is 6.07 Å². The summed E-state index contributed by atoms with van der Waals surface area (Å²) in [7, 11) is 3.44. The first-order valence-corrected chi connectivity index (χ1v) is 9.36. The Kier molecular flexibility index (Phi) is 6.39. The predicted octanol–water partition coefficient (Wildman–Crippen LogP) is 1.09. The number of fused-ring (bicyclic) bond motifs is 1. The molecular weight excluding hydrogens is 346 g/mol. The van der Waals surface area contributed by atoms with Crippen LogP contribution >= 0.6 is 0 Å².